The van der Waals surface area contributed by atoms with E-state index in [2.05, 4.69) is 21.2 Å². The summed E-state index contributed by atoms with van der Waals surface area (Å²) in [5.74, 6) is -2.35. The Morgan fingerprint density at radius 1 is 1.41 bits per heavy atom. The quantitative estimate of drug-likeness (QED) is 0.775. The van der Waals surface area contributed by atoms with E-state index in [9.17, 15) is 9.59 Å². The lowest BCUT2D eigenvalue weighted by Crippen LogP contribution is -2.31. The van der Waals surface area contributed by atoms with E-state index in [-0.39, 0.29) is 0 Å². The first kappa shape index (κ1) is 13.5. The van der Waals surface area contributed by atoms with Crippen molar-refractivity contribution in [3.8, 4) is 0 Å². The van der Waals surface area contributed by atoms with E-state index in [1.807, 2.05) is 19.1 Å². The molecule has 0 saturated heterocycles. The average molecular weight is 302 g/mol. The lowest BCUT2D eigenvalue weighted by molar-refractivity contribution is -0.144. The van der Waals surface area contributed by atoms with Crippen LogP contribution in [0.4, 0.5) is 5.69 Å². The van der Waals surface area contributed by atoms with Crippen LogP contribution < -0.4 is 5.32 Å². The van der Waals surface area contributed by atoms with E-state index in [0.29, 0.717) is 10.2 Å². The van der Waals surface area contributed by atoms with E-state index in [1.54, 1.807) is 6.07 Å². The molecule has 0 fully saturated rings. The number of carboxylic acid groups (broad SMARTS) is 2. The Labute approximate surface area is 107 Å². The summed E-state index contributed by atoms with van der Waals surface area (Å²) in [5, 5.41) is 20.2. The monoisotopic (exact) mass is 301 g/mol. The van der Waals surface area contributed by atoms with Gasteiger partial charge in [0.15, 0.2) is 0 Å². The fraction of sp³-hybridized carbons (Fsp3) is 0.273. The molecule has 0 spiro atoms. The summed E-state index contributed by atoms with van der Waals surface area (Å²) < 4.78 is 0.703. The van der Waals surface area contributed by atoms with Crippen LogP contribution in [-0.2, 0) is 9.59 Å². The van der Waals surface area contributed by atoms with E-state index in [1.165, 1.54) is 0 Å². The van der Waals surface area contributed by atoms with Gasteiger partial charge in [-0.15, -0.1) is 0 Å². The second-order valence-electron chi connectivity index (χ2n) is 3.62. The van der Waals surface area contributed by atoms with Crippen LogP contribution in [0.5, 0.6) is 0 Å². The topological polar surface area (TPSA) is 86.6 Å². The Morgan fingerprint density at radius 2 is 2.06 bits per heavy atom. The molecule has 0 aliphatic carbocycles. The van der Waals surface area contributed by atoms with Gasteiger partial charge in [-0.05, 0) is 40.5 Å². The minimum Gasteiger partial charge on any atom is -0.481 e. The van der Waals surface area contributed by atoms with Gasteiger partial charge in [-0.25, -0.2) is 4.79 Å². The summed E-state index contributed by atoms with van der Waals surface area (Å²) in [6.45, 7) is 1.90. The minimum atomic E-state index is -1.19. The van der Waals surface area contributed by atoms with E-state index in [0.717, 1.165) is 5.56 Å². The molecule has 1 atom stereocenters. The van der Waals surface area contributed by atoms with Gasteiger partial charge >= 0.3 is 11.9 Å². The number of hydrogen-bond acceptors (Lipinski definition) is 3. The van der Waals surface area contributed by atoms with Crippen molar-refractivity contribution in [3.63, 3.8) is 0 Å². The lowest BCUT2D eigenvalue weighted by Gasteiger charge is -2.15. The van der Waals surface area contributed by atoms with E-state index < -0.39 is 24.4 Å². The Balaban J connectivity index is 2.86. The van der Waals surface area contributed by atoms with Crippen LogP contribution in [0, 0.1) is 6.92 Å². The zero-order valence-corrected chi connectivity index (χ0v) is 10.7. The van der Waals surface area contributed by atoms with Crippen LogP contribution in [0.15, 0.2) is 22.7 Å². The largest absolute Gasteiger partial charge is 0.481 e. The highest BCUT2D eigenvalue weighted by molar-refractivity contribution is 9.10. The van der Waals surface area contributed by atoms with Crippen LogP contribution in [0.1, 0.15) is 12.0 Å². The van der Waals surface area contributed by atoms with Crippen molar-refractivity contribution in [1.82, 2.24) is 0 Å². The molecule has 0 aliphatic heterocycles. The van der Waals surface area contributed by atoms with Crippen molar-refractivity contribution in [2.45, 2.75) is 19.4 Å². The number of carboxylic acids is 2. The first-order valence-electron chi connectivity index (χ1n) is 4.87. The summed E-state index contributed by atoms with van der Waals surface area (Å²) in [5.41, 5.74) is 1.58. The molecule has 92 valence electrons. The fourth-order valence-electron chi connectivity index (χ4n) is 1.30. The SMILES string of the molecule is Cc1ccc(NC(CC(=O)O)C(=O)O)c(Br)c1. The minimum absolute atomic E-state index is 0.477. The highest BCUT2D eigenvalue weighted by Crippen LogP contribution is 2.24. The van der Waals surface area contributed by atoms with Gasteiger partial charge in [0.05, 0.1) is 6.42 Å². The van der Waals surface area contributed by atoms with Crippen molar-refractivity contribution >= 4 is 33.6 Å². The molecule has 0 radical (unpaired) electrons. The molecule has 1 aromatic carbocycles. The summed E-state index contributed by atoms with van der Waals surface area (Å²) in [6.07, 6.45) is -0.477. The fourth-order valence-corrected chi connectivity index (χ4v) is 1.91. The average Bonchev–Trinajstić information content (AvgIpc) is 2.19. The van der Waals surface area contributed by atoms with Gasteiger partial charge < -0.3 is 15.5 Å². The third kappa shape index (κ3) is 4.07. The zero-order valence-electron chi connectivity index (χ0n) is 9.11. The molecule has 3 N–H and O–H groups in total. The Bertz CT molecular complexity index is 447. The molecule has 1 aromatic rings. The molecule has 1 unspecified atom stereocenters. The molecule has 1 rings (SSSR count). The summed E-state index contributed by atoms with van der Waals surface area (Å²) >= 11 is 3.29. The zero-order chi connectivity index (χ0) is 13.0. The maximum absolute atomic E-state index is 10.9. The number of aliphatic carboxylic acids is 2. The molecular formula is C11H12BrNO4. The first-order chi connectivity index (χ1) is 7.90. The summed E-state index contributed by atoms with van der Waals surface area (Å²) in [4.78, 5) is 21.4. The van der Waals surface area contributed by atoms with E-state index in [4.69, 9.17) is 10.2 Å². The van der Waals surface area contributed by atoms with Crippen LogP contribution in [-0.4, -0.2) is 28.2 Å². The van der Waals surface area contributed by atoms with E-state index >= 15 is 0 Å². The number of carbonyl (C=O) groups is 2. The normalized spacial score (nSPS) is 11.9. The lowest BCUT2D eigenvalue weighted by atomic mass is 10.1. The predicted octanol–water partition coefficient (Wildman–Crippen LogP) is 2.10. The number of anilines is 1. The van der Waals surface area contributed by atoms with Crippen molar-refractivity contribution in [3.05, 3.63) is 28.2 Å². The second-order valence-corrected chi connectivity index (χ2v) is 4.47. The van der Waals surface area contributed by atoms with Gasteiger partial charge in [0, 0.05) is 10.2 Å². The number of hydrogen-bond donors (Lipinski definition) is 3. The van der Waals surface area contributed by atoms with Crippen molar-refractivity contribution in [2.75, 3.05) is 5.32 Å². The molecule has 17 heavy (non-hydrogen) atoms. The third-order valence-electron chi connectivity index (χ3n) is 2.13. The number of halogens is 1. The maximum atomic E-state index is 10.9. The predicted molar refractivity (Wildman–Crippen MR) is 66.2 cm³/mol. The third-order valence-corrected chi connectivity index (χ3v) is 2.79. The Kier molecular flexibility index (Phi) is 4.51. The molecule has 0 aliphatic rings. The maximum Gasteiger partial charge on any atom is 0.326 e. The molecule has 0 aromatic heterocycles. The highest BCUT2D eigenvalue weighted by atomic mass is 79.9. The first-order valence-corrected chi connectivity index (χ1v) is 5.66. The van der Waals surface area contributed by atoms with Gasteiger partial charge in [0.25, 0.3) is 0 Å². The number of benzene rings is 1. The van der Waals surface area contributed by atoms with Crippen molar-refractivity contribution in [1.29, 1.82) is 0 Å². The molecule has 0 amide bonds. The summed E-state index contributed by atoms with van der Waals surface area (Å²) in [7, 11) is 0. The van der Waals surface area contributed by atoms with Gasteiger partial charge in [-0.3, -0.25) is 4.79 Å². The van der Waals surface area contributed by atoms with Gasteiger partial charge in [-0.1, -0.05) is 6.07 Å². The smallest absolute Gasteiger partial charge is 0.326 e. The Morgan fingerprint density at radius 3 is 2.53 bits per heavy atom. The summed E-state index contributed by atoms with van der Waals surface area (Å²) in [6, 6.07) is 4.19. The molecular weight excluding hydrogens is 290 g/mol. The van der Waals surface area contributed by atoms with Gasteiger partial charge in [-0.2, -0.15) is 0 Å². The molecule has 6 heteroatoms. The number of rotatable bonds is 5. The molecule has 0 bridgehead atoms. The second kappa shape index (κ2) is 5.67. The van der Waals surface area contributed by atoms with Gasteiger partial charge in [0.1, 0.15) is 6.04 Å². The van der Waals surface area contributed by atoms with Crippen LogP contribution >= 0.6 is 15.9 Å². The molecule has 0 heterocycles. The number of nitrogens with one attached hydrogen (secondary N) is 1. The van der Waals surface area contributed by atoms with Crippen LogP contribution in [0.2, 0.25) is 0 Å². The number of aryl methyl sites for hydroxylation is 1. The van der Waals surface area contributed by atoms with Crippen LogP contribution in [0.25, 0.3) is 0 Å². The molecule has 0 saturated carbocycles. The Hall–Kier alpha value is -1.56. The molecule has 5 nitrogen and oxygen atoms in total. The standard InChI is InChI=1S/C11H12BrNO4/c1-6-2-3-8(7(12)4-6)13-9(11(16)17)5-10(14)15/h2-4,9,13H,5H2,1H3,(H,14,15)(H,16,17). The van der Waals surface area contributed by atoms with Crippen LogP contribution in [0.3, 0.4) is 0 Å². The van der Waals surface area contributed by atoms with Gasteiger partial charge in [0.2, 0.25) is 0 Å². The van der Waals surface area contributed by atoms with Crippen molar-refractivity contribution < 1.29 is 19.8 Å². The highest BCUT2D eigenvalue weighted by Gasteiger charge is 2.21. The van der Waals surface area contributed by atoms with Crippen molar-refractivity contribution in [2.24, 2.45) is 0 Å².